The van der Waals surface area contributed by atoms with Gasteiger partial charge in [-0.25, -0.2) is 4.79 Å². The van der Waals surface area contributed by atoms with Gasteiger partial charge in [-0.05, 0) is 25.2 Å². The van der Waals surface area contributed by atoms with Crippen LogP contribution in [0, 0.1) is 5.92 Å². The van der Waals surface area contributed by atoms with Crippen LogP contribution >= 0.6 is 0 Å². The number of urea groups is 1. The van der Waals surface area contributed by atoms with Crippen LogP contribution in [0.15, 0.2) is 0 Å². The Morgan fingerprint density at radius 2 is 2.31 bits per heavy atom. The zero-order chi connectivity index (χ0) is 9.68. The Hall–Kier alpha value is -0.770. The van der Waals surface area contributed by atoms with Crippen LogP contribution in [0.4, 0.5) is 4.79 Å². The van der Waals surface area contributed by atoms with Gasteiger partial charge < -0.3 is 15.7 Å². The van der Waals surface area contributed by atoms with E-state index in [0.717, 1.165) is 38.8 Å². The Bertz CT molecular complexity index is 173. The number of aliphatic hydroxyl groups excluding tert-OH is 1. The molecule has 4 heteroatoms. The second-order valence-corrected chi connectivity index (χ2v) is 3.66. The number of aliphatic hydroxyl groups is 1. The van der Waals surface area contributed by atoms with Gasteiger partial charge in [0.25, 0.3) is 0 Å². The van der Waals surface area contributed by atoms with Gasteiger partial charge >= 0.3 is 6.03 Å². The summed E-state index contributed by atoms with van der Waals surface area (Å²) < 4.78 is 0. The van der Waals surface area contributed by atoms with Crippen LogP contribution in [-0.2, 0) is 0 Å². The van der Waals surface area contributed by atoms with Crippen molar-refractivity contribution in [1.29, 1.82) is 0 Å². The predicted molar refractivity (Wildman–Crippen MR) is 50.2 cm³/mol. The van der Waals surface area contributed by atoms with Crippen LogP contribution in [0.5, 0.6) is 0 Å². The fraction of sp³-hybridized carbons (Fsp3) is 0.889. The maximum atomic E-state index is 10.9. The lowest BCUT2D eigenvalue weighted by atomic mass is 10.0. The second-order valence-electron chi connectivity index (χ2n) is 3.66. The fourth-order valence-corrected chi connectivity index (χ4v) is 1.85. The lowest BCUT2D eigenvalue weighted by molar-refractivity contribution is 0.191. The van der Waals surface area contributed by atoms with Gasteiger partial charge in [-0.3, -0.25) is 0 Å². The van der Waals surface area contributed by atoms with Crippen LogP contribution < -0.4 is 5.73 Å². The maximum Gasteiger partial charge on any atom is 0.314 e. The van der Waals surface area contributed by atoms with Crippen LogP contribution in [0.1, 0.15) is 25.7 Å². The van der Waals surface area contributed by atoms with Gasteiger partial charge in [0.2, 0.25) is 0 Å². The highest BCUT2D eigenvalue weighted by atomic mass is 16.3. The van der Waals surface area contributed by atoms with E-state index in [4.69, 9.17) is 10.8 Å². The number of amides is 2. The van der Waals surface area contributed by atoms with E-state index in [2.05, 4.69) is 0 Å². The number of primary amides is 1. The molecule has 0 aliphatic carbocycles. The third-order valence-electron chi connectivity index (χ3n) is 2.62. The highest BCUT2D eigenvalue weighted by Crippen LogP contribution is 2.18. The van der Waals surface area contributed by atoms with Gasteiger partial charge in [0, 0.05) is 19.7 Å². The molecule has 4 nitrogen and oxygen atoms in total. The quantitative estimate of drug-likeness (QED) is 0.661. The topological polar surface area (TPSA) is 66.6 Å². The van der Waals surface area contributed by atoms with E-state index in [-0.39, 0.29) is 12.6 Å². The van der Waals surface area contributed by atoms with E-state index >= 15 is 0 Å². The van der Waals surface area contributed by atoms with E-state index in [9.17, 15) is 4.79 Å². The molecule has 76 valence electrons. The van der Waals surface area contributed by atoms with Crippen molar-refractivity contribution >= 4 is 6.03 Å². The summed E-state index contributed by atoms with van der Waals surface area (Å²) in [7, 11) is 0. The zero-order valence-corrected chi connectivity index (χ0v) is 7.91. The average molecular weight is 186 g/mol. The fourth-order valence-electron chi connectivity index (χ4n) is 1.85. The minimum absolute atomic E-state index is 0.206. The molecule has 0 aromatic carbocycles. The minimum Gasteiger partial charge on any atom is -0.396 e. The smallest absolute Gasteiger partial charge is 0.314 e. The number of nitrogens with two attached hydrogens (primary N) is 1. The molecule has 0 saturated carbocycles. The van der Waals surface area contributed by atoms with Gasteiger partial charge in [0.05, 0.1) is 0 Å². The van der Waals surface area contributed by atoms with Gasteiger partial charge in [-0.1, -0.05) is 6.42 Å². The molecule has 0 aromatic rings. The molecule has 1 aliphatic heterocycles. The second kappa shape index (κ2) is 5.07. The Morgan fingerprint density at radius 1 is 1.54 bits per heavy atom. The summed E-state index contributed by atoms with van der Waals surface area (Å²) in [5.41, 5.74) is 5.22. The number of hydrogen-bond donors (Lipinski definition) is 2. The highest BCUT2D eigenvalue weighted by molar-refractivity contribution is 5.71. The SMILES string of the molecule is NC(=O)N1CCCCC(CCO)C1. The van der Waals surface area contributed by atoms with Crippen molar-refractivity contribution < 1.29 is 9.90 Å². The Morgan fingerprint density at radius 3 is 2.92 bits per heavy atom. The maximum absolute atomic E-state index is 10.9. The number of carbonyl (C=O) groups excluding carboxylic acids is 1. The van der Waals surface area contributed by atoms with Crippen molar-refractivity contribution in [3.8, 4) is 0 Å². The monoisotopic (exact) mass is 186 g/mol. The number of hydrogen-bond acceptors (Lipinski definition) is 2. The van der Waals surface area contributed by atoms with Crippen LogP contribution in [0.25, 0.3) is 0 Å². The van der Waals surface area contributed by atoms with Gasteiger partial charge in [0.1, 0.15) is 0 Å². The first-order chi connectivity index (χ1) is 6.24. The lowest BCUT2D eigenvalue weighted by Crippen LogP contribution is -2.38. The molecule has 1 unspecified atom stereocenters. The summed E-state index contributed by atoms with van der Waals surface area (Å²) in [5, 5.41) is 8.80. The van der Waals surface area contributed by atoms with Crippen LogP contribution in [0.3, 0.4) is 0 Å². The molecule has 13 heavy (non-hydrogen) atoms. The zero-order valence-electron chi connectivity index (χ0n) is 7.91. The minimum atomic E-state index is -0.329. The number of carbonyl (C=O) groups is 1. The number of nitrogens with zero attached hydrogens (tertiary/aromatic N) is 1. The predicted octanol–water partition coefficient (Wildman–Crippen LogP) is 0.550. The Labute approximate surface area is 78.7 Å². The van der Waals surface area contributed by atoms with Crippen LogP contribution in [-0.4, -0.2) is 35.7 Å². The standard InChI is InChI=1S/C9H18N2O2/c10-9(13)11-5-2-1-3-8(7-11)4-6-12/h8,12H,1-7H2,(H2,10,13). The van der Waals surface area contributed by atoms with Gasteiger partial charge in [0.15, 0.2) is 0 Å². The molecule has 0 aromatic heterocycles. The third-order valence-corrected chi connectivity index (χ3v) is 2.62. The summed E-state index contributed by atoms with van der Waals surface area (Å²) in [6.45, 7) is 1.70. The van der Waals surface area contributed by atoms with Crippen molar-refractivity contribution in [3.63, 3.8) is 0 Å². The van der Waals surface area contributed by atoms with Crippen molar-refractivity contribution in [2.75, 3.05) is 19.7 Å². The number of likely N-dealkylation sites (tertiary alicyclic amines) is 1. The summed E-state index contributed by atoms with van der Waals surface area (Å²) in [6, 6.07) is -0.329. The molecule has 0 radical (unpaired) electrons. The summed E-state index contributed by atoms with van der Waals surface area (Å²) in [6.07, 6.45) is 4.05. The summed E-state index contributed by atoms with van der Waals surface area (Å²) >= 11 is 0. The summed E-state index contributed by atoms with van der Waals surface area (Å²) in [4.78, 5) is 12.6. The first kappa shape index (κ1) is 10.3. The molecule has 3 N–H and O–H groups in total. The van der Waals surface area contributed by atoms with E-state index in [0.29, 0.717) is 5.92 Å². The Balaban J connectivity index is 2.44. The van der Waals surface area contributed by atoms with E-state index in [1.165, 1.54) is 0 Å². The first-order valence-corrected chi connectivity index (χ1v) is 4.89. The lowest BCUT2D eigenvalue weighted by Gasteiger charge is -2.21. The molecule has 1 heterocycles. The van der Waals surface area contributed by atoms with Gasteiger partial charge in [-0.2, -0.15) is 0 Å². The molecule has 1 fully saturated rings. The Kier molecular flexibility index (Phi) is 4.02. The third kappa shape index (κ3) is 3.22. The molecule has 1 saturated heterocycles. The van der Waals surface area contributed by atoms with Crippen molar-refractivity contribution in [1.82, 2.24) is 4.90 Å². The van der Waals surface area contributed by atoms with Crippen molar-refractivity contribution in [3.05, 3.63) is 0 Å². The van der Waals surface area contributed by atoms with Gasteiger partial charge in [-0.15, -0.1) is 0 Å². The molecular formula is C9H18N2O2. The largest absolute Gasteiger partial charge is 0.396 e. The summed E-state index contributed by atoms with van der Waals surface area (Å²) in [5.74, 6) is 0.431. The molecule has 0 bridgehead atoms. The van der Waals surface area contributed by atoms with E-state index in [1.807, 2.05) is 0 Å². The van der Waals surface area contributed by atoms with E-state index < -0.39 is 0 Å². The van der Waals surface area contributed by atoms with E-state index in [1.54, 1.807) is 4.90 Å². The molecular weight excluding hydrogens is 168 g/mol. The molecule has 0 spiro atoms. The van der Waals surface area contributed by atoms with Crippen molar-refractivity contribution in [2.45, 2.75) is 25.7 Å². The molecule has 1 aliphatic rings. The normalized spacial score (nSPS) is 24.1. The highest BCUT2D eigenvalue weighted by Gasteiger charge is 2.19. The molecule has 2 amide bonds. The first-order valence-electron chi connectivity index (χ1n) is 4.89. The molecule has 1 atom stereocenters. The number of rotatable bonds is 2. The van der Waals surface area contributed by atoms with Crippen LogP contribution in [0.2, 0.25) is 0 Å². The molecule has 1 rings (SSSR count). The van der Waals surface area contributed by atoms with Crippen molar-refractivity contribution in [2.24, 2.45) is 11.7 Å². The average Bonchev–Trinajstić information content (AvgIpc) is 2.30.